The zero-order chi connectivity index (χ0) is 13.6. The molecule has 18 heavy (non-hydrogen) atoms. The maximum absolute atomic E-state index is 12.4. The zero-order valence-electron chi connectivity index (χ0n) is 10.3. The molecular formula is C13H15NO3S. The Hall–Kier alpha value is -1.38. The van der Waals surface area contributed by atoms with E-state index in [1.165, 1.54) is 6.07 Å². The summed E-state index contributed by atoms with van der Waals surface area (Å²) in [7, 11) is -3.71. The van der Waals surface area contributed by atoms with Gasteiger partial charge in [-0.3, -0.25) is 0 Å². The largest absolute Gasteiger partial charge is 0.393 e. The maximum Gasteiger partial charge on any atom is 0.197 e. The van der Waals surface area contributed by atoms with E-state index in [0.29, 0.717) is 0 Å². The second kappa shape index (κ2) is 4.08. The van der Waals surface area contributed by atoms with Crippen LogP contribution in [-0.2, 0) is 9.84 Å². The van der Waals surface area contributed by atoms with Crippen LogP contribution in [0.5, 0.6) is 0 Å². The first-order chi connectivity index (χ1) is 8.32. The van der Waals surface area contributed by atoms with Crippen LogP contribution in [0.4, 0.5) is 0 Å². The van der Waals surface area contributed by atoms with E-state index in [0.717, 1.165) is 11.1 Å². The molecule has 1 aromatic carbocycles. The van der Waals surface area contributed by atoms with E-state index in [9.17, 15) is 13.5 Å². The number of aliphatic hydroxyl groups excluding tert-OH is 1. The van der Waals surface area contributed by atoms with Crippen molar-refractivity contribution >= 4 is 9.84 Å². The standard InChI is InChI=1S/C13H15NO3S/c1-9-3-4-12(5-10(9)2)18(16,17)13(8-14)6-11(15)7-13/h3-5,11,15H,6-7H2,1-2H3. The molecular weight excluding hydrogens is 250 g/mol. The number of nitriles is 1. The van der Waals surface area contributed by atoms with Crippen LogP contribution in [0.1, 0.15) is 24.0 Å². The molecule has 0 spiro atoms. The van der Waals surface area contributed by atoms with Crippen molar-refractivity contribution in [1.82, 2.24) is 0 Å². The van der Waals surface area contributed by atoms with Gasteiger partial charge in [0, 0.05) is 12.8 Å². The minimum atomic E-state index is -3.71. The van der Waals surface area contributed by atoms with Crippen molar-refractivity contribution < 1.29 is 13.5 Å². The maximum atomic E-state index is 12.4. The van der Waals surface area contributed by atoms with Crippen LogP contribution in [0.2, 0.25) is 0 Å². The van der Waals surface area contributed by atoms with Crippen molar-refractivity contribution in [1.29, 1.82) is 5.26 Å². The molecule has 96 valence electrons. The summed E-state index contributed by atoms with van der Waals surface area (Å²) in [5, 5.41) is 18.4. The predicted molar refractivity (Wildman–Crippen MR) is 66.7 cm³/mol. The Labute approximate surface area is 107 Å². The summed E-state index contributed by atoms with van der Waals surface area (Å²) in [4.78, 5) is 0.166. The van der Waals surface area contributed by atoms with Gasteiger partial charge in [-0.25, -0.2) is 8.42 Å². The molecule has 0 unspecified atom stereocenters. The summed E-state index contributed by atoms with van der Waals surface area (Å²) in [6.07, 6.45) is -0.691. The van der Waals surface area contributed by atoms with E-state index >= 15 is 0 Å². The monoisotopic (exact) mass is 265 g/mol. The minimum Gasteiger partial charge on any atom is -0.393 e. The molecule has 1 fully saturated rings. The molecule has 0 atom stereocenters. The molecule has 0 aromatic heterocycles. The number of aliphatic hydroxyl groups is 1. The van der Waals surface area contributed by atoms with Crippen molar-refractivity contribution in [3.63, 3.8) is 0 Å². The lowest BCUT2D eigenvalue weighted by Crippen LogP contribution is -2.51. The Morgan fingerprint density at radius 1 is 1.33 bits per heavy atom. The van der Waals surface area contributed by atoms with Crippen molar-refractivity contribution in [3.8, 4) is 6.07 Å². The van der Waals surface area contributed by atoms with Crippen LogP contribution in [0.25, 0.3) is 0 Å². The molecule has 0 amide bonds. The van der Waals surface area contributed by atoms with E-state index in [1.807, 2.05) is 19.9 Å². The zero-order valence-corrected chi connectivity index (χ0v) is 11.2. The number of sulfone groups is 1. The molecule has 2 rings (SSSR count). The lowest BCUT2D eigenvalue weighted by Gasteiger charge is -2.38. The van der Waals surface area contributed by atoms with Gasteiger partial charge in [0.2, 0.25) is 0 Å². The van der Waals surface area contributed by atoms with E-state index in [1.54, 1.807) is 12.1 Å². The van der Waals surface area contributed by atoms with Gasteiger partial charge in [0.15, 0.2) is 14.6 Å². The second-order valence-electron chi connectivity index (χ2n) is 4.92. The van der Waals surface area contributed by atoms with Crippen LogP contribution in [-0.4, -0.2) is 24.4 Å². The molecule has 0 aliphatic heterocycles. The van der Waals surface area contributed by atoms with Gasteiger partial charge in [0.1, 0.15) is 0 Å². The van der Waals surface area contributed by atoms with Gasteiger partial charge in [-0.1, -0.05) is 6.07 Å². The number of aryl methyl sites for hydroxylation is 2. The molecule has 1 aliphatic carbocycles. The highest BCUT2D eigenvalue weighted by Crippen LogP contribution is 2.42. The highest BCUT2D eigenvalue weighted by atomic mass is 32.2. The van der Waals surface area contributed by atoms with E-state index in [-0.39, 0.29) is 17.7 Å². The van der Waals surface area contributed by atoms with Gasteiger partial charge in [-0.2, -0.15) is 5.26 Å². The molecule has 0 radical (unpaired) electrons. The highest BCUT2D eigenvalue weighted by Gasteiger charge is 2.55. The average molecular weight is 265 g/mol. The molecule has 0 heterocycles. The summed E-state index contributed by atoms with van der Waals surface area (Å²) in [6, 6.07) is 6.73. The summed E-state index contributed by atoms with van der Waals surface area (Å²) in [5.74, 6) is 0. The number of hydrogen-bond donors (Lipinski definition) is 1. The minimum absolute atomic E-state index is 0.00123. The smallest absolute Gasteiger partial charge is 0.197 e. The molecule has 4 nitrogen and oxygen atoms in total. The van der Waals surface area contributed by atoms with Crippen molar-refractivity contribution in [2.45, 2.75) is 42.4 Å². The second-order valence-corrected chi connectivity index (χ2v) is 7.18. The van der Waals surface area contributed by atoms with Crippen LogP contribution < -0.4 is 0 Å². The third-order valence-corrected chi connectivity index (χ3v) is 5.97. The molecule has 5 heteroatoms. The predicted octanol–water partition coefficient (Wildman–Crippen LogP) is 1.49. The van der Waals surface area contributed by atoms with Crippen molar-refractivity contribution in [3.05, 3.63) is 29.3 Å². The Bertz CT molecular complexity index is 622. The van der Waals surface area contributed by atoms with Crippen LogP contribution in [0, 0.1) is 25.2 Å². The lowest BCUT2D eigenvalue weighted by atomic mass is 9.82. The van der Waals surface area contributed by atoms with Gasteiger partial charge in [-0.15, -0.1) is 0 Å². The fraction of sp³-hybridized carbons (Fsp3) is 0.462. The van der Waals surface area contributed by atoms with Crippen LogP contribution in [0.15, 0.2) is 23.1 Å². The Morgan fingerprint density at radius 3 is 2.39 bits per heavy atom. The van der Waals surface area contributed by atoms with Gasteiger partial charge in [0.05, 0.1) is 17.1 Å². The van der Waals surface area contributed by atoms with Gasteiger partial charge < -0.3 is 5.11 Å². The first-order valence-corrected chi connectivity index (χ1v) is 7.22. The van der Waals surface area contributed by atoms with Gasteiger partial charge in [0.25, 0.3) is 0 Å². The summed E-state index contributed by atoms with van der Waals surface area (Å²) >= 11 is 0. The summed E-state index contributed by atoms with van der Waals surface area (Å²) in [6.45, 7) is 3.74. The normalized spacial score (nSPS) is 27.3. The van der Waals surface area contributed by atoms with E-state index < -0.39 is 20.7 Å². The number of hydrogen-bond acceptors (Lipinski definition) is 4. The van der Waals surface area contributed by atoms with Crippen molar-refractivity contribution in [2.75, 3.05) is 0 Å². The first kappa shape index (κ1) is 13.1. The van der Waals surface area contributed by atoms with Crippen molar-refractivity contribution in [2.24, 2.45) is 0 Å². The van der Waals surface area contributed by atoms with Gasteiger partial charge in [-0.05, 0) is 37.1 Å². The molecule has 1 aromatic rings. The molecule has 1 saturated carbocycles. The number of benzene rings is 1. The third kappa shape index (κ3) is 1.73. The van der Waals surface area contributed by atoms with E-state index in [2.05, 4.69) is 0 Å². The molecule has 0 bridgehead atoms. The quantitative estimate of drug-likeness (QED) is 0.878. The SMILES string of the molecule is Cc1ccc(S(=O)(=O)C2(C#N)CC(O)C2)cc1C. The summed E-state index contributed by atoms with van der Waals surface area (Å²) < 4.78 is 23.4. The van der Waals surface area contributed by atoms with Crippen LogP contribution in [0.3, 0.4) is 0 Å². The van der Waals surface area contributed by atoms with Gasteiger partial charge >= 0.3 is 0 Å². The third-order valence-electron chi connectivity index (χ3n) is 3.64. The van der Waals surface area contributed by atoms with E-state index in [4.69, 9.17) is 5.26 Å². The lowest BCUT2D eigenvalue weighted by molar-refractivity contribution is 0.0764. The fourth-order valence-electron chi connectivity index (χ4n) is 2.18. The molecule has 0 saturated heterocycles. The Morgan fingerprint density at radius 2 is 1.94 bits per heavy atom. The molecule has 1 N–H and O–H groups in total. The fourth-order valence-corrected chi connectivity index (χ4v) is 4.15. The highest BCUT2D eigenvalue weighted by molar-refractivity contribution is 7.93. The topological polar surface area (TPSA) is 78.2 Å². The number of rotatable bonds is 2. The Balaban J connectivity index is 2.49. The van der Waals surface area contributed by atoms with Crippen LogP contribution >= 0.6 is 0 Å². The Kier molecular flexibility index (Phi) is 2.96. The average Bonchev–Trinajstić information content (AvgIpc) is 2.27. The summed E-state index contributed by atoms with van der Waals surface area (Å²) in [5.41, 5.74) is 1.89. The number of nitrogens with zero attached hydrogens (tertiary/aromatic N) is 1. The molecule has 1 aliphatic rings. The first-order valence-electron chi connectivity index (χ1n) is 5.74.